The summed E-state index contributed by atoms with van der Waals surface area (Å²) in [6.07, 6.45) is 7.79. The van der Waals surface area contributed by atoms with Gasteiger partial charge in [0.1, 0.15) is 6.04 Å². The molecular formula is C25H46N4O2. The summed E-state index contributed by atoms with van der Waals surface area (Å²) >= 11 is 0. The molecule has 1 N–H and O–H groups in total. The molecule has 3 fully saturated rings. The predicted octanol–water partition coefficient (Wildman–Crippen LogP) is 2.97. The summed E-state index contributed by atoms with van der Waals surface area (Å²) < 4.78 is 0. The molecule has 0 aliphatic carbocycles. The van der Waals surface area contributed by atoms with E-state index in [1.165, 1.54) is 38.9 Å². The number of rotatable bonds is 9. The highest BCUT2D eigenvalue weighted by Crippen LogP contribution is 2.25. The Morgan fingerprint density at radius 2 is 1.68 bits per heavy atom. The van der Waals surface area contributed by atoms with Crippen molar-refractivity contribution >= 4 is 11.8 Å². The Kier molecular flexibility index (Phi) is 9.20. The molecule has 0 saturated carbocycles. The third-order valence-corrected chi connectivity index (χ3v) is 7.37. The molecule has 31 heavy (non-hydrogen) atoms. The number of nitrogens with one attached hydrogen (secondary N) is 1. The van der Waals surface area contributed by atoms with Crippen molar-refractivity contribution in [3.05, 3.63) is 0 Å². The second-order valence-electron chi connectivity index (χ2n) is 10.9. The molecule has 3 rings (SSSR count). The number of carbonyl (C=O) groups is 2. The highest BCUT2D eigenvalue weighted by Gasteiger charge is 2.39. The van der Waals surface area contributed by atoms with E-state index in [4.69, 9.17) is 0 Å². The summed E-state index contributed by atoms with van der Waals surface area (Å²) in [6, 6.07) is -0.446. The Morgan fingerprint density at radius 1 is 1.00 bits per heavy atom. The molecule has 0 spiro atoms. The molecule has 0 unspecified atom stereocenters. The second-order valence-corrected chi connectivity index (χ2v) is 10.9. The molecule has 2 amide bonds. The standard InChI is InChI=1S/C25H46N4O2/c1-19(2)17-22-24(30)29(16-10-26-22)23(18-20(3)4)25(31)28-14-8-21(9-15-28)7-13-27-11-5-6-12-27/h19-23,26H,5-18H2,1-4H3/t22-,23-/m0/s1. The van der Waals surface area contributed by atoms with Crippen LogP contribution in [0, 0.1) is 17.8 Å². The SMILES string of the molecule is CC(C)C[C@@H]1NCCN([C@@H](CC(C)C)C(=O)N2CCC(CCN3CCCC3)CC2)C1=O. The van der Waals surface area contributed by atoms with Crippen molar-refractivity contribution in [1.82, 2.24) is 20.0 Å². The fourth-order valence-corrected chi connectivity index (χ4v) is 5.55. The topological polar surface area (TPSA) is 55.9 Å². The van der Waals surface area contributed by atoms with Gasteiger partial charge in [-0.15, -0.1) is 0 Å². The number of piperazine rings is 1. The Labute approximate surface area is 190 Å². The Morgan fingerprint density at radius 3 is 2.29 bits per heavy atom. The van der Waals surface area contributed by atoms with E-state index in [0.29, 0.717) is 18.4 Å². The average molecular weight is 435 g/mol. The number of hydrogen-bond acceptors (Lipinski definition) is 4. The Hall–Kier alpha value is -1.14. The molecule has 6 nitrogen and oxygen atoms in total. The van der Waals surface area contributed by atoms with Gasteiger partial charge in [-0.05, 0) is 82.3 Å². The Bertz CT molecular complexity index is 580. The van der Waals surface area contributed by atoms with Gasteiger partial charge in [0.15, 0.2) is 0 Å². The van der Waals surface area contributed by atoms with Gasteiger partial charge in [0.2, 0.25) is 11.8 Å². The smallest absolute Gasteiger partial charge is 0.245 e. The number of carbonyl (C=O) groups excluding carboxylic acids is 2. The van der Waals surface area contributed by atoms with Gasteiger partial charge in [0.05, 0.1) is 6.04 Å². The molecule has 0 aromatic heterocycles. The van der Waals surface area contributed by atoms with Gasteiger partial charge in [0, 0.05) is 26.2 Å². The summed E-state index contributed by atoms with van der Waals surface area (Å²) in [5.74, 6) is 1.90. The van der Waals surface area contributed by atoms with Crippen LogP contribution in [-0.2, 0) is 9.59 Å². The first-order valence-electron chi connectivity index (χ1n) is 12.9. The average Bonchev–Trinajstić information content (AvgIpc) is 3.25. The van der Waals surface area contributed by atoms with Crippen molar-refractivity contribution in [2.75, 3.05) is 45.8 Å². The van der Waals surface area contributed by atoms with Crippen LogP contribution >= 0.6 is 0 Å². The van der Waals surface area contributed by atoms with Gasteiger partial charge in [-0.3, -0.25) is 9.59 Å². The molecule has 178 valence electrons. The summed E-state index contributed by atoms with van der Waals surface area (Å²) in [4.78, 5) is 33.4. The zero-order valence-corrected chi connectivity index (χ0v) is 20.4. The van der Waals surface area contributed by atoms with E-state index >= 15 is 0 Å². The lowest BCUT2D eigenvalue weighted by Crippen LogP contribution is -2.62. The highest BCUT2D eigenvalue weighted by atomic mass is 16.2. The largest absolute Gasteiger partial charge is 0.341 e. The molecular weight excluding hydrogens is 388 g/mol. The maximum Gasteiger partial charge on any atom is 0.245 e. The third kappa shape index (κ3) is 6.92. The van der Waals surface area contributed by atoms with Crippen molar-refractivity contribution in [3.8, 4) is 0 Å². The fraction of sp³-hybridized carbons (Fsp3) is 0.920. The molecule has 3 aliphatic heterocycles. The number of amides is 2. The van der Waals surface area contributed by atoms with Crippen molar-refractivity contribution in [3.63, 3.8) is 0 Å². The minimum Gasteiger partial charge on any atom is -0.341 e. The van der Waals surface area contributed by atoms with E-state index in [2.05, 4.69) is 42.8 Å². The zero-order valence-electron chi connectivity index (χ0n) is 20.4. The summed E-state index contributed by atoms with van der Waals surface area (Å²) in [6.45, 7) is 15.5. The van der Waals surface area contributed by atoms with Gasteiger partial charge in [-0.1, -0.05) is 27.7 Å². The van der Waals surface area contributed by atoms with E-state index in [-0.39, 0.29) is 23.9 Å². The lowest BCUT2D eigenvalue weighted by atomic mass is 9.91. The molecule has 0 bridgehead atoms. The summed E-state index contributed by atoms with van der Waals surface area (Å²) in [7, 11) is 0. The quantitative estimate of drug-likeness (QED) is 0.606. The molecule has 0 radical (unpaired) electrons. The number of hydrogen-bond donors (Lipinski definition) is 1. The van der Waals surface area contributed by atoms with E-state index in [0.717, 1.165) is 51.2 Å². The lowest BCUT2D eigenvalue weighted by molar-refractivity contribution is -0.150. The Balaban J connectivity index is 1.56. The second kappa shape index (κ2) is 11.6. The van der Waals surface area contributed by atoms with Gasteiger partial charge in [-0.25, -0.2) is 0 Å². The summed E-state index contributed by atoms with van der Waals surface area (Å²) in [5, 5.41) is 3.38. The van der Waals surface area contributed by atoms with Crippen LogP contribution in [0.2, 0.25) is 0 Å². The molecule has 2 atom stereocenters. The first-order valence-corrected chi connectivity index (χ1v) is 12.9. The van der Waals surface area contributed by atoms with Crippen molar-refractivity contribution < 1.29 is 9.59 Å². The molecule has 3 heterocycles. The molecule has 6 heteroatoms. The van der Waals surface area contributed by atoms with Crippen LogP contribution in [0.15, 0.2) is 0 Å². The minimum atomic E-state index is -0.301. The van der Waals surface area contributed by atoms with Gasteiger partial charge >= 0.3 is 0 Å². The van der Waals surface area contributed by atoms with Crippen LogP contribution in [-0.4, -0.2) is 84.4 Å². The lowest BCUT2D eigenvalue weighted by Gasteiger charge is -2.42. The third-order valence-electron chi connectivity index (χ3n) is 7.37. The highest BCUT2D eigenvalue weighted by molar-refractivity contribution is 5.90. The van der Waals surface area contributed by atoms with Gasteiger partial charge < -0.3 is 20.0 Å². The van der Waals surface area contributed by atoms with Crippen molar-refractivity contribution in [2.45, 2.75) is 84.7 Å². The van der Waals surface area contributed by atoms with E-state index in [1.54, 1.807) is 0 Å². The summed E-state index contributed by atoms with van der Waals surface area (Å²) in [5.41, 5.74) is 0. The van der Waals surface area contributed by atoms with Crippen LogP contribution < -0.4 is 5.32 Å². The maximum absolute atomic E-state index is 13.6. The van der Waals surface area contributed by atoms with Crippen LogP contribution in [0.1, 0.15) is 72.6 Å². The van der Waals surface area contributed by atoms with Crippen molar-refractivity contribution in [2.24, 2.45) is 17.8 Å². The number of nitrogens with zero attached hydrogens (tertiary/aromatic N) is 3. The molecule has 3 saturated heterocycles. The molecule has 0 aromatic carbocycles. The van der Waals surface area contributed by atoms with Crippen LogP contribution in [0.5, 0.6) is 0 Å². The monoisotopic (exact) mass is 434 g/mol. The molecule has 3 aliphatic rings. The normalized spacial score (nSPS) is 25.1. The minimum absolute atomic E-state index is 0.124. The van der Waals surface area contributed by atoms with Crippen LogP contribution in [0.3, 0.4) is 0 Å². The molecule has 0 aromatic rings. The maximum atomic E-state index is 13.6. The first-order chi connectivity index (χ1) is 14.8. The van der Waals surface area contributed by atoms with E-state index in [1.807, 2.05) is 4.90 Å². The fourth-order valence-electron chi connectivity index (χ4n) is 5.55. The predicted molar refractivity (Wildman–Crippen MR) is 126 cm³/mol. The first kappa shape index (κ1) is 24.5. The number of piperidine rings is 1. The van der Waals surface area contributed by atoms with Crippen LogP contribution in [0.25, 0.3) is 0 Å². The van der Waals surface area contributed by atoms with Crippen molar-refractivity contribution in [1.29, 1.82) is 0 Å². The van der Waals surface area contributed by atoms with E-state index in [9.17, 15) is 9.59 Å². The van der Waals surface area contributed by atoms with Gasteiger partial charge in [-0.2, -0.15) is 0 Å². The zero-order chi connectivity index (χ0) is 22.4. The number of likely N-dealkylation sites (tertiary alicyclic amines) is 2. The van der Waals surface area contributed by atoms with Gasteiger partial charge in [0.25, 0.3) is 0 Å². The van der Waals surface area contributed by atoms with Crippen LogP contribution in [0.4, 0.5) is 0 Å². The van der Waals surface area contributed by atoms with E-state index < -0.39 is 0 Å².